The fourth-order valence-corrected chi connectivity index (χ4v) is 1.54. The zero-order chi connectivity index (χ0) is 7.56. The van der Waals surface area contributed by atoms with Crippen molar-refractivity contribution in [3.63, 3.8) is 0 Å². The summed E-state index contributed by atoms with van der Waals surface area (Å²) in [7, 11) is 0. The summed E-state index contributed by atoms with van der Waals surface area (Å²) in [6.07, 6.45) is 1.55. The quantitative estimate of drug-likeness (QED) is 0.436. The van der Waals surface area contributed by atoms with Crippen molar-refractivity contribution in [2.45, 2.75) is 6.92 Å². The molecule has 1 heterocycles. The van der Waals surface area contributed by atoms with Gasteiger partial charge in [-0.15, -0.1) is 0 Å². The van der Waals surface area contributed by atoms with E-state index in [0.29, 0.717) is 10.1 Å². The van der Waals surface area contributed by atoms with Crippen LogP contribution in [0, 0.1) is 0 Å². The third-order valence-corrected chi connectivity index (χ3v) is 2.30. The highest BCUT2D eigenvalue weighted by molar-refractivity contribution is 8.23. The number of carbonyl (C=O) groups excluding carboxylic acids is 1. The topological polar surface area (TPSA) is 32.7 Å². The molecule has 0 aliphatic carbocycles. The summed E-state index contributed by atoms with van der Waals surface area (Å²) in [5.41, 5.74) is 0. The Morgan fingerprint density at radius 1 is 1.90 bits per heavy atom. The van der Waals surface area contributed by atoms with Crippen LogP contribution in [0.3, 0.4) is 0 Å². The molecule has 1 aliphatic rings. The van der Waals surface area contributed by atoms with Gasteiger partial charge in [0.2, 0.25) is 0 Å². The molecular formula is C5H6N2OS2. The number of hydrogen-bond acceptors (Lipinski definition) is 4. The molecule has 1 amide bonds. The van der Waals surface area contributed by atoms with Gasteiger partial charge in [0, 0.05) is 6.21 Å². The third-order valence-electron chi connectivity index (χ3n) is 0.959. The number of thiocarbonyl (C=S) groups is 1. The van der Waals surface area contributed by atoms with Crippen molar-refractivity contribution < 1.29 is 4.79 Å². The molecule has 0 radical (unpaired) electrons. The average molecular weight is 174 g/mol. The van der Waals surface area contributed by atoms with E-state index in [1.165, 1.54) is 16.8 Å². The van der Waals surface area contributed by atoms with Gasteiger partial charge in [-0.25, -0.2) is 0 Å². The molecule has 0 bridgehead atoms. The van der Waals surface area contributed by atoms with Crippen molar-refractivity contribution in [1.82, 2.24) is 5.01 Å². The summed E-state index contributed by atoms with van der Waals surface area (Å²) in [4.78, 5) is 10.9. The van der Waals surface area contributed by atoms with E-state index in [1.807, 2.05) is 0 Å². The SMILES string of the molecule is C/C=N\N1C(=O)CSC1=S. The van der Waals surface area contributed by atoms with E-state index in [4.69, 9.17) is 12.2 Å². The van der Waals surface area contributed by atoms with E-state index in [0.717, 1.165) is 0 Å². The number of amides is 1. The van der Waals surface area contributed by atoms with Crippen LogP contribution < -0.4 is 0 Å². The predicted molar refractivity (Wildman–Crippen MR) is 46.1 cm³/mol. The van der Waals surface area contributed by atoms with Gasteiger partial charge in [-0.2, -0.15) is 10.1 Å². The zero-order valence-electron chi connectivity index (χ0n) is 5.40. The number of rotatable bonds is 1. The van der Waals surface area contributed by atoms with E-state index in [2.05, 4.69) is 5.10 Å². The number of nitrogens with zero attached hydrogens (tertiary/aromatic N) is 2. The summed E-state index contributed by atoms with van der Waals surface area (Å²) >= 11 is 6.18. The maximum absolute atomic E-state index is 10.9. The lowest BCUT2D eigenvalue weighted by atomic mass is 10.7. The molecule has 0 aromatic carbocycles. The van der Waals surface area contributed by atoms with Gasteiger partial charge in [-0.1, -0.05) is 24.0 Å². The smallest absolute Gasteiger partial charge is 0.259 e. The number of hydrogen-bond donors (Lipinski definition) is 0. The summed E-state index contributed by atoms with van der Waals surface area (Å²) in [5.74, 6) is 0.393. The van der Waals surface area contributed by atoms with E-state index >= 15 is 0 Å². The monoisotopic (exact) mass is 174 g/mol. The fraction of sp³-hybridized carbons (Fsp3) is 0.400. The van der Waals surface area contributed by atoms with Crippen LogP contribution >= 0.6 is 24.0 Å². The minimum absolute atomic E-state index is 0.0342. The molecule has 54 valence electrons. The molecule has 0 atom stereocenters. The van der Waals surface area contributed by atoms with Gasteiger partial charge in [0.25, 0.3) is 5.91 Å². The van der Waals surface area contributed by atoms with Crippen molar-refractivity contribution in [1.29, 1.82) is 0 Å². The standard InChI is InChI=1S/C5H6N2OS2/c1-2-6-7-4(8)3-10-5(7)9/h2H,3H2,1H3/b6-2-. The Bertz CT molecular complexity index is 186. The van der Waals surface area contributed by atoms with E-state index in [9.17, 15) is 4.79 Å². The van der Waals surface area contributed by atoms with Crippen LogP contribution in [0.1, 0.15) is 6.92 Å². The molecule has 5 heteroatoms. The Balaban J connectivity index is 2.72. The van der Waals surface area contributed by atoms with Gasteiger partial charge in [0.1, 0.15) is 0 Å². The maximum Gasteiger partial charge on any atom is 0.259 e. The van der Waals surface area contributed by atoms with Crippen LogP contribution in [0.5, 0.6) is 0 Å². The molecule has 0 unspecified atom stereocenters. The van der Waals surface area contributed by atoms with Gasteiger partial charge in [0.15, 0.2) is 4.32 Å². The van der Waals surface area contributed by atoms with Crippen molar-refractivity contribution in [3.05, 3.63) is 0 Å². The first kappa shape index (κ1) is 7.68. The first-order valence-electron chi connectivity index (χ1n) is 2.74. The van der Waals surface area contributed by atoms with Gasteiger partial charge in [-0.3, -0.25) is 4.79 Å². The Morgan fingerprint density at radius 2 is 2.60 bits per heavy atom. The molecule has 3 nitrogen and oxygen atoms in total. The third kappa shape index (κ3) is 1.35. The van der Waals surface area contributed by atoms with Crippen LogP contribution in [0.25, 0.3) is 0 Å². The number of carbonyl (C=O) groups is 1. The number of thioether (sulfide) groups is 1. The summed E-state index contributed by atoms with van der Waals surface area (Å²) < 4.78 is 0.545. The molecule has 0 aromatic heterocycles. The molecule has 1 saturated heterocycles. The minimum Gasteiger partial charge on any atom is -0.272 e. The zero-order valence-corrected chi connectivity index (χ0v) is 7.04. The second-order valence-electron chi connectivity index (χ2n) is 1.63. The Kier molecular flexibility index (Phi) is 2.39. The Hall–Kier alpha value is -0.420. The first-order valence-corrected chi connectivity index (χ1v) is 4.13. The largest absolute Gasteiger partial charge is 0.272 e. The van der Waals surface area contributed by atoms with Gasteiger partial charge >= 0.3 is 0 Å². The lowest BCUT2D eigenvalue weighted by Crippen LogP contribution is -2.22. The normalized spacial score (nSPS) is 19.5. The molecule has 0 N–H and O–H groups in total. The van der Waals surface area contributed by atoms with Gasteiger partial charge < -0.3 is 0 Å². The molecule has 1 fully saturated rings. The fourth-order valence-electron chi connectivity index (χ4n) is 0.575. The van der Waals surface area contributed by atoms with Crippen LogP contribution in [0.2, 0.25) is 0 Å². The highest BCUT2D eigenvalue weighted by Gasteiger charge is 2.25. The average Bonchev–Trinajstić information content (AvgIpc) is 2.20. The maximum atomic E-state index is 10.9. The molecule has 10 heavy (non-hydrogen) atoms. The van der Waals surface area contributed by atoms with Crippen LogP contribution in [-0.2, 0) is 4.79 Å². The van der Waals surface area contributed by atoms with E-state index < -0.39 is 0 Å². The summed E-state index contributed by atoms with van der Waals surface area (Å²) in [6.45, 7) is 1.75. The molecule has 0 aromatic rings. The lowest BCUT2D eigenvalue weighted by Gasteiger charge is -2.04. The van der Waals surface area contributed by atoms with E-state index in [1.54, 1.807) is 13.1 Å². The van der Waals surface area contributed by atoms with Crippen molar-refractivity contribution in [2.75, 3.05) is 5.75 Å². The second kappa shape index (κ2) is 3.12. The summed E-state index contributed by atoms with van der Waals surface area (Å²) in [6, 6.07) is 0. The predicted octanol–water partition coefficient (Wildman–Crippen LogP) is 0.852. The van der Waals surface area contributed by atoms with Crippen molar-refractivity contribution >= 4 is 40.4 Å². The minimum atomic E-state index is -0.0342. The molecule has 1 rings (SSSR count). The van der Waals surface area contributed by atoms with Gasteiger partial charge in [0.05, 0.1) is 5.75 Å². The first-order chi connectivity index (χ1) is 4.75. The highest BCUT2D eigenvalue weighted by Crippen LogP contribution is 2.18. The molecule has 0 saturated carbocycles. The molecule has 0 spiro atoms. The second-order valence-corrected chi connectivity index (χ2v) is 3.24. The Labute approximate surface area is 68.5 Å². The highest BCUT2D eigenvalue weighted by atomic mass is 32.2. The lowest BCUT2D eigenvalue weighted by molar-refractivity contribution is -0.123. The van der Waals surface area contributed by atoms with E-state index in [-0.39, 0.29) is 5.91 Å². The summed E-state index contributed by atoms with van der Waals surface area (Å²) in [5, 5.41) is 5.03. The van der Waals surface area contributed by atoms with Crippen molar-refractivity contribution in [2.24, 2.45) is 5.10 Å². The molecular weight excluding hydrogens is 168 g/mol. The van der Waals surface area contributed by atoms with Gasteiger partial charge in [-0.05, 0) is 6.92 Å². The van der Waals surface area contributed by atoms with Crippen molar-refractivity contribution in [3.8, 4) is 0 Å². The Morgan fingerprint density at radius 3 is 3.00 bits per heavy atom. The van der Waals surface area contributed by atoms with Crippen LogP contribution in [0.15, 0.2) is 5.10 Å². The number of hydrazone groups is 1. The van der Waals surface area contributed by atoms with Crippen LogP contribution in [0.4, 0.5) is 0 Å². The molecule has 1 aliphatic heterocycles. The van der Waals surface area contributed by atoms with Crippen LogP contribution in [-0.4, -0.2) is 27.2 Å².